The first-order valence-corrected chi connectivity index (χ1v) is 6.24. The summed E-state index contributed by atoms with van der Waals surface area (Å²) in [6.07, 6.45) is 0. The molecule has 0 atom stereocenters. The molecular weight excluding hydrogens is 286 g/mol. The molecule has 0 saturated carbocycles. The SMILES string of the molecule is CC1=C(C(=O)OCc2ccc(F)cc2F)CNC(=S)N1. The van der Waals surface area contributed by atoms with Crippen molar-refractivity contribution in [1.29, 1.82) is 0 Å². The topological polar surface area (TPSA) is 50.4 Å². The number of hydrogen-bond donors (Lipinski definition) is 2. The maximum absolute atomic E-state index is 13.4. The number of hydrogen-bond acceptors (Lipinski definition) is 3. The normalized spacial score (nSPS) is 14.7. The summed E-state index contributed by atoms with van der Waals surface area (Å²) >= 11 is 4.90. The van der Waals surface area contributed by atoms with Gasteiger partial charge >= 0.3 is 5.97 Å². The Morgan fingerprint density at radius 1 is 1.45 bits per heavy atom. The number of rotatable bonds is 3. The first-order chi connectivity index (χ1) is 9.47. The molecule has 1 aliphatic heterocycles. The molecule has 0 fully saturated rings. The third kappa shape index (κ3) is 3.30. The van der Waals surface area contributed by atoms with Crippen LogP contribution in [0.15, 0.2) is 29.5 Å². The van der Waals surface area contributed by atoms with E-state index in [1.54, 1.807) is 6.92 Å². The summed E-state index contributed by atoms with van der Waals surface area (Å²) in [6.45, 7) is 1.69. The highest BCUT2D eigenvalue weighted by Crippen LogP contribution is 2.13. The van der Waals surface area contributed by atoms with E-state index in [0.717, 1.165) is 12.1 Å². The highest BCUT2D eigenvalue weighted by molar-refractivity contribution is 7.80. The fraction of sp³-hybridized carbons (Fsp3) is 0.231. The number of halogens is 2. The molecule has 4 nitrogen and oxygen atoms in total. The fourth-order valence-electron chi connectivity index (χ4n) is 1.69. The average molecular weight is 298 g/mol. The number of thiocarbonyl (C=S) groups is 1. The van der Waals surface area contributed by atoms with Gasteiger partial charge in [-0.3, -0.25) is 0 Å². The number of benzene rings is 1. The lowest BCUT2D eigenvalue weighted by atomic mass is 10.2. The summed E-state index contributed by atoms with van der Waals surface area (Å²) in [5.41, 5.74) is 1.10. The van der Waals surface area contributed by atoms with Gasteiger partial charge in [-0.15, -0.1) is 0 Å². The lowest BCUT2D eigenvalue weighted by molar-refractivity contribution is -0.140. The molecule has 0 bridgehead atoms. The highest BCUT2D eigenvalue weighted by Gasteiger charge is 2.20. The summed E-state index contributed by atoms with van der Waals surface area (Å²) in [5, 5.41) is 6.04. The predicted molar refractivity (Wildman–Crippen MR) is 72.6 cm³/mol. The van der Waals surface area contributed by atoms with Crippen molar-refractivity contribution in [3.63, 3.8) is 0 Å². The van der Waals surface area contributed by atoms with Crippen LogP contribution in [-0.2, 0) is 16.1 Å². The summed E-state index contributed by atoms with van der Waals surface area (Å²) < 4.78 is 31.1. The average Bonchev–Trinajstić information content (AvgIpc) is 2.37. The van der Waals surface area contributed by atoms with Gasteiger partial charge in [0.05, 0.1) is 12.1 Å². The Balaban J connectivity index is 2.02. The Hall–Kier alpha value is -2.02. The molecule has 0 saturated heterocycles. The number of carbonyl (C=O) groups is 1. The van der Waals surface area contributed by atoms with Crippen molar-refractivity contribution in [3.05, 3.63) is 46.7 Å². The number of allylic oxidation sites excluding steroid dienone is 1. The lowest BCUT2D eigenvalue weighted by Gasteiger charge is -2.20. The van der Waals surface area contributed by atoms with Crippen LogP contribution in [0.25, 0.3) is 0 Å². The van der Waals surface area contributed by atoms with Crippen LogP contribution in [0, 0.1) is 11.6 Å². The Morgan fingerprint density at radius 2 is 2.20 bits per heavy atom. The molecule has 2 rings (SSSR count). The molecule has 0 aromatic heterocycles. The van der Waals surface area contributed by atoms with E-state index in [1.165, 1.54) is 6.07 Å². The van der Waals surface area contributed by atoms with Crippen LogP contribution in [0.3, 0.4) is 0 Å². The molecule has 0 aliphatic carbocycles. The van der Waals surface area contributed by atoms with Crippen molar-refractivity contribution >= 4 is 23.3 Å². The van der Waals surface area contributed by atoms with E-state index >= 15 is 0 Å². The molecule has 0 radical (unpaired) electrons. The summed E-state index contributed by atoms with van der Waals surface area (Å²) in [7, 11) is 0. The number of nitrogens with one attached hydrogen (secondary N) is 2. The molecule has 7 heteroatoms. The van der Waals surface area contributed by atoms with Gasteiger partial charge in [0, 0.05) is 17.3 Å². The quantitative estimate of drug-likeness (QED) is 0.658. The van der Waals surface area contributed by atoms with Crippen LogP contribution < -0.4 is 10.6 Å². The van der Waals surface area contributed by atoms with Gasteiger partial charge in [-0.2, -0.15) is 0 Å². The molecule has 1 aliphatic rings. The Bertz CT molecular complexity index is 602. The molecule has 106 valence electrons. The summed E-state index contributed by atoms with van der Waals surface area (Å²) in [6, 6.07) is 3.10. The van der Waals surface area contributed by atoms with Crippen LogP contribution in [0.2, 0.25) is 0 Å². The molecule has 2 N–H and O–H groups in total. The Kier molecular flexibility index (Phi) is 4.29. The first-order valence-electron chi connectivity index (χ1n) is 5.83. The minimum absolute atomic E-state index is 0.116. The van der Waals surface area contributed by atoms with Crippen LogP contribution in [0.1, 0.15) is 12.5 Å². The van der Waals surface area contributed by atoms with Gasteiger partial charge < -0.3 is 15.4 Å². The molecule has 0 spiro atoms. The van der Waals surface area contributed by atoms with Crippen LogP contribution in [-0.4, -0.2) is 17.6 Å². The van der Waals surface area contributed by atoms with E-state index in [4.69, 9.17) is 17.0 Å². The van der Waals surface area contributed by atoms with E-state index in [0.29, 0.717) is 16.4 Å². The minimum Gasteiger partial charge on any atom is -0.457 e. The van der Waals surface area contributed by atoms with Crippen molar-refractivity contribution in [3.8, 4) is 0 Å². The fourth-order valence-corrected chi connectivity index (χ4v) is 1.91. The molecule has 1 aromatic rings. The van der Waals surface area contributed by atoms with Crippen molar-refractivity contribution in [2.75, 3.05) is 6.54 Å². The number of ether oxygens (including phenoxy) is 1. The van der Waals surface area contributed by atoms with Crippen LogP contribution in [0.4, 0.5) is 8.78 Å². The smallest absolute Gasteiger partial charge is 0.337 e. The van der Waals surface area contributed by atoms with Gasteiger partial charge in [-0.1, -0.05) is 0 Å². The number of esters is 1. The van der Waals surface area contributed by atoms with Gasteiger partial charge in [0.2, 0.25) is 0 Å². The van der Waals surface area contributed by atoms with Gasteiger partial charge in [0.25, 0.3) is 0 Å². The van der Waals surface area contributed by atoms with Gasteiger partial charge in [0.1, 0.15) is 18.2 Å². The van der Waals surface area contributed by atoms with Gasteiger partial charge in [0.15, 0.2) is 5.11 Å². The Morgan fingerprint density at radius 3 is 2.85 bits per heavy atom. The highest BCUT2D eigenvalue weighted by atomic mass is 32.1. The maximum Gasteiger partial charge on any atom is 0.337 e. The van der Waals surface area contributed by atoms with Crippen molar-refractivity contribution in [2.24, 2.45) is 0 Å². The van der Waals surface area contributed by atoms with Gasteiger partial charge in [-0.25, -0.2) is 13.6 Å². The first kappa shape index (κ1) is 14.4. The standard InChI is InChI=1S/C13H12F2N2O2S/c1-7-10(5-16-13(20)17-7)12(18)19-6-8-2-3-9(14)4-11(8)15/h2-4H,5-6H2,1H3,(H2,16,17,20). The predicted octanol–water partition coefficient (Wildman–Crippen LogP) is 1.76. The second kappa shape index (κ2) is 5.96. The zero-order valence-corrected chi connectivity index (χ0v) is 11.4. The second-order valence-corrected chi connectivity index (χ2v) is 4.63. The third-order valence-electron chi connectivity index (χ3n) is 2.80. The minimum atomic E-state index is -0.746. The van der Waals surface area contributed by atoms with Crippen LogP contribution >= 0.6 is 12.2 Å². The van der Waals surface area contributed by atoms with E-state index in [-0.39, 0.29) is 18.7 Å². The van der Waals surface area contributed by atoms with E-state index in [1.807, 2.05) is 0 Å². The third-order valence-corrected chi connectivity index (χ3v) is 3.05. The maximum atomic E-state index is 13.4. The zero-order chi connectivity index (χ0) is 14.7. The lowest BCUT2D eigenvalue weighted by Crippen LogP contribution is -2.42. The van der Waals surface area contributed by atoms with Crippen molar-refractivity contribution in [1.82, 2.24) is 10.6 Å². The molecule has 20 heavy (non-hydrogen) atoms. The van der Waals surface area contributed by atoms with E-state index in [2.05, 4.69) is 10.6 Å². The summed E-state index contributed by atoms with van der Waals surface area (Å²) in [4.78, 5) is 11.9. The molecule has 1 heterocycles. The van der Waals surface area contributed by atoms with Crippen LogP contribution in [0.5, 0.6) is 0 Å². The molecule has 0 amide bonds. The summed E-state index contributed by atoms with van der Waals surface area (Å²) in [5.74, 6) is -2.00. The van der Waals surface area contributed by atoms with Crippen molar-refractivity contribution in [2.45, 2.75) is 13.5 Å². The molecular formula is C13H12F2N2O2S. The van der Waals surface area contributed by atoms with Gasteiger partial charge in [-0.05, 0) is 31.3 Å². The number of carbonyl (C=O) groups excluding carboxylic acids is 1. The second-order valence-electron chi connectivity index (χ2n) is 4.22. The molecule has 1 aromatic carbocycles. The van der Waals surface area contributed by atoms with E-state index < -0.39 is 17.6 Å². The Labute approximate surface area is 119 Å². The van der Waals surface area contributed by atoms with E-state index in [9.17, 15) is 13.6 Å². The zero-order valence-electron chi connectivity index (χ0n) is 10.6. The largest absolute Gasteiger partial charge is 0.457 e. The molecule has 0 unspecified atom stereocenters. The van der Waals surface area contributed by atoms with Crippen molar-refractivity contribution < 1.29 is 18.3 Å². The monoisotopic (exact) mass is 298 g/mol.